The molecule has 0 atom stereocenters. The van der Waals surface area contributed by atoms with Crippen LogP contribution in [0.2, 0.25) is 5.02 Å². The van der Waals surface area contributed by atoms with Crippen molar-refractivity contribution >= 4 is 27.3 Å². The Labute approximate surface area is 135 Å². The summed E-state index contributed by atoms with van der Waals surface area (Å²) >= 11 is 5.62. The largest absolute Gasteiger partial charge is 0.280 e. The molecule has 0 aliphatic carbocycles. The molecular weight excluding hydrogens is 345 g/mol. The van der Waals surface area contributed by atoms with Gasteiger partial charge in [-0.2, -0.15) is 0 Å². The third-order valence-corrected chi connectivity index (χ3v) is 4.58. The number of nitrogens with zero attached hydrogens (tertiary/aromatic N) is 4. The predicted octanol–water partition coefficient (Wildman–Crippen LogP) is 2.26. The molecule has 1 aromatic heterocycles. The number of nitrogens with one attached hydrogen (secondary N) is 1. The molecule has 7 nitrogen and oxygen atoms in total. The Morgan fingerprint density at radius 3 is 2.70 bits per heavy atom. The lowest BCUT2D eigenvalue weighted by Gasteiger charge is -2.09. The van der Waals surface area contributed by atoms with E-state index in [1.165, 1.54) is 11.0 Å². The van der Waals surface area contributed by atoms with E-state index >= 15 is 0 Å². The highest BCUT2D eigenvalue weighted by atomic mass is 35.5. The zero-order valence-electron chi connectivity index (χ0n) is 11.4. The Balaban J connectivity index is 1.91. The molecule has 1 heterocycles. The monoisotopic (exact) mass is 353 g/mol. The molecule has 0 aliphatic rings. The van der Waals surface area contributed by atoms with Gasteiger partial charge in [-0.15, -0.1) is 5.10 Å². The molecule has 0 spiro atoms. The fourth-order valence-corrected chi connectivity index (χ4v) is 3.17. The summed E-state index contributed by atoms with van der Waals surface area (Å²) in [6.07, 6.45) is 1.38. The van der Waals surface area contributed by atoms with E-state index in [-0.39, 0.29) is 9.92 Å². The second-order valence-electron chi connectivity index (χ2n) is 4.49. The molecule has 0 aliphatic heterocycles. The highest BCUT2D eigenvalue weighted by Crippen LogP contribution is 2.22. The topological polar surface area (TPSA) is 89.8 Å². The molecule has 23 heavy (non-hydrogen) atoms. The summed E-state index contributed by atoms with van der Waals surface area (Å²) in [6, 6.07) is 9.65. The van der Waals surface area contributed by atoms with E-state index in [1.807, 2.05) is 0 Å². The average molecular weight is 354 g/mol. The summed E-state index contributed by atoms with van der Waals surface area (Å²) in [5.74, 6) is -0.689. The molecule has 0 saturated carbocycles. The number of benzene rings is 2. The van der Waals surface area contributed by atoms with E-state index in [4.69, 9.17) is 11.6 Å². The third-order valence-electron chi connectivity index (χ3n) is 2.91. The maximum Gasteiger partial charge on any atom is 0.261 e. The van der Waals surface area contributed by atoms with Crippen LogP contribution in [0.15, 0.2) is 53.7 Å². The first-order chi connectivity index (χ1) is 11.0. The molecule has 1 N–H and O–H groups in total. The first-order valence-corrected chi connectivity index (χ1v) is 8.13. The van der Waals surface area contributed by atoms with Crippen LogP contribution < -0.4 is 4.72 Å². The molecule has 0 amide bonds. The summed E-state index contributed by atoms with van der Waals surface area (Å²) in [6.45, 7) is 0. The Kier molecular flexibility index (Phi) is 3.97. The molecule has 0 unspecified atom stereocenters. The van der Waals surface area contributed by atoms with Gasteiger partial charge in [-0.3, -0.25) is 4.72 Å². The van der Waals surface area contributed by atoms with Crippen LogP contribution in [0.5, 0.6) is 0 Å². The number of aromatic nitrogens is 4. The van der Waals surface area contributed by atoms with Crippen molar-refractivity contribution in [1.82, 2.24) is 20.2 Å². The van der Waals surface area contributed by atoms with Crippen LogP contribution in [-0.4, -0.2) is 28.6 Å². The standard InChI is InChI=1S/C13H9ClFN5O2S/c14-12-7-11(4-5-13(12)15)23(21,22)17-9-2-1-3-10(6-9)20-8-16-18-19-20/h1-8,17H. The number of anilines is 1. The van der Waals surface area contributed by atoms with Gasteiger partial charge in [0.15, 0.2) is 0 Å². The SMILES string of the molecule is O=S(=O)(Nc1cccc(-n2cnnn2)c1)c1ccc(F)c(Cl)c1. The van der Waals surface area contributed by atoms with Crippen molar-refractivity contribution < 1.29 is 12.8 Å². The quantitative estimate of drug-likeness (QED) is 0.777. The van der Waals surface area contributed by atoms with Gasteiger partial charge in [0.05, 0.1) is 21.3 Å². The van der Waals surface area contributed by atoms with Crippen molar-refractivity contribution in [3.63, 3.8) is 0 Å². The molecule has 0 fully saturated rings. The Morgan fingerprint density at radius 2 is 2.00 bits per heavy atom. The third kappa shape index (κ3) is 3.30. The first-order valence-electron chi connectivity index (χ1n) is 6.27. The second kappa shape index (κ2) is 5.94. The summed E-state index contributed by atoms with van der Waals surface area (Å²) in [5.41, 5.74) is 0.880. The van der Waals surface area contributed by atoms with Crippen molar-refractivity contribution in [3.05, 3.63) is 59.6 Å². The van der Waals surface area contributed by atoms with E-state index < -0.39 is 15.8 Å². The van der Waals surface area contributed by atoms with E-state index in [1.54, 1.807) is 24.3 Å². The van der Waals surface area contributed by atoms with E-state index in [2.05, 4.69) is 20.2 Å². The maximum absolute atomic E-state index is 13.2. The predicted molar refractivity (Wildman–Crippen MR) is 81.4 cm³/mol. The minimum atomic E-state index is -3.90. The van der Waals surface area contributed by atoms with Crippen LogP contribution >= 0.6 is 11.6 Å². The molecule has 0 bridgehead atoms. The average Bonchev–Trinajstić information content (AvgIpc) is 3.04. The van der Waals surface area contributed by atoms with Gasteiger partial charge in [0, 0.05) is 0 Å². The number of rotatable bonds is 4. The van der Waals surface area contributed by atoms with Gasteiger partial charge in [0.25, 0.3) is 10.0 Å². The first kappa shape index (κ1) is 15.4. The second-order valence-corrected chi connectivity index (χ2v) is 6.58. The normalized spacial score (nSPS) is 11.4. The highest BCUT2D eigenvalue weighted by Gasteiger charge is 2.16. The maximum atomic E-state index is 13.2. The minimum Gasteiger partial charge on any atom is -0.280 e. The zero-order chi connectivity index (χ0) is 16.4. The van der Waals surface area contributed by atoms with E-state index in [0.29, 0.717) is 11.4 Å². The van der Waals surface area contributed by atoms with Crippen molar-refractivity contribution in [2.75, 3.05) is 4.72 Å². The minimum absolute atomic E-state index is 0.142. The molecule has 10 heteroatoms. The Bertz CT molecular complexity index is 947. The lowest BCUT2D eigenvalue weighted by atomic mass is 10.3. The summed E-state index contributed by atoms with van der Waals surface area (Å²) < 4.78 is 41.6. The molecule has 3 aromatic rings. The summed E-state index contributed by atoms with van der Waals surface area (Å²) in [4.78, 5) is -0.142. The summed E-state index contributed by atoms with van der Waals surface area (Å²) in [7, 11) is -3.90. The Morgan fingerprint density at radius 1 is 1.17 bits per heavy atom. The lowest BCUT2D eigenvalue weighted by molar-refractivity contribution is 0.599. The van der Waals surface area contributed by atoms with E-state index in [9.17, 15) is 12.8 Å². The lowest BCUT2D eigenvalue weighted by Crippen LogP contribution is -2.13. The van der Waals surface area contributed by atoms with E-state index in [0.717, 1.165) is 18.2 Å². The molecule has 0 saturated heterocycles. The number of sulfonamides is 1. The smallest absolute Gasteiger partial charge is 0.261 e. The van der Waals surface area contributed by atoms with Crippen molar-refractivity contribution in [2.24, 2.45) is 0 Å². The Hall–Kier alpha value is -2.52. The van der Waals surface area contributed by atoms with Crippen LogP contribution in [0.25, 0.3) is 5.69 Å². The van der Waals surface area contributed by atoms with Gasteiger partial charge in [-0.25, -0.2) is 17.5 Å². The van der Waals surface area contributed by atoms with Crippen LogP contribution in [0.1, 0.15) is 0 Å². The van der Waals surface area contributed by atoms with Crippen molar-refractivity contribution in [3.8, 4) is 5.69 Å². The summed E-state index contributed by atoms with van der Waals surface area (Å²) in [5, 5.41) is 10.5. The van der Waals surface area contributed by atoms with Crippen molar-refractivity contribution in [2.45, 2.75) is 4.90 Å². The molecule has 3 rings (SSSR count). The molecular formula is C13H9ClFN5O2S. The van der Waals surface area contributed by atoms with Crippen LogP contribution in [0.4, 0.5) is 10.1 Å². The van der Waals surface area contributed by atoms with Crippen LogP contribution in [-0.2, 0) is 10.0 Å². The van der Waals surface area contributed by atoms with Gasteiger partial charge in [0.2, 0.25) is 0 Å². The van der Waals surface area contributed by atoms with Crippen LogP contribution in [0.3, 0.4) is 0 Å². The van der Waals surface area contributed by atoms with Gasteiger partial charge in [-0.05, 0) is 46.8 Å². The van der Waals surface area contributed by atoms with Crippen LogP contribution in [0, 0.1) is 5.82 Å². The fraction of sp³-hybridized carbons (Fsp3) is 0. The fourth-order valence-electron chi connectivity index (χ4n) is 1.85. The molecule has 2 aromatic carbocycles. The zero-order valence-corrected chi connectivity index (χ0v) is 13.0. The van der Waals surface area contributed by atoms with Gasteiger partial charge in [-0.1, -0.05) is 17.7 Å². The highest BCUT2D eigenvalue weighted by molar-refractivity contribution is 7.92. The number of hydrogen-bond acceptors (Lipinski definition) is 5. The molecule has 118 valence electrons. The van der Waals surface area contributed by atoms with Gasteiger partial charge >= 0.3 is 0 Å². The number of tetrazole rings is 1. The number of hydrogen-bond donors (Lipinski definition) is 1. The van der Waals surface area contributed by atoms with Crippen molar-refractivity contribution in [1.29, 1.82) is 0 Å². The van der Waals surface area contributed by atoms with Gasteiger partial charge in [0.1, 0.15) is 12.1 Å². The number of halogens is 2. The molecule has 0 radical (unpaired) electrons. The van der Waals surface area contributed by atoms with Gasteiger partial charge < -0.3 is 0 Å².